The number of amides is 1. The third-order valence-corrected chi connectivity index (χ3v) is 7.80. The highest BCUT2D eigenvalue weighted by Gasteiger charge is 2.31. The SMILES string of the molecule is COCOc1ccccc1-c1cc2c3c([nH]c2nn1)CCN(c1nccc(N2CCN(C(=O)OC(C)(C)C)CC2)n1)C3C. The summed E-state index contributed by atoms with van der Waals surface area (Å²) < 4.78 is 16.4. The molecule has 1 unspecified atom stereocenters. The predicted octanol–water partition coefficient (Wildman–Crippen LogP) is 4.58. The van der Waals surface area contributed by atoms with Gasteiger partial charge in [0.15, 0.2) is 12.4 Å². The Balaban J connectivity index is 1.23. The first kappa shape index (κ1) is 28.7. The van der Waals surface area contributed by atoms with E-state index in [9.17, 15) is 4.79 Å². The van der Waals surface area contributed by atoms with Crippen molar-refractivity contribution in [3.63, 3.8) is 0 Å². The van der Waals surface area contributed by atoms with Gasteiger partial charge >= 0.3 is 6.09 Å². The Kier molecular flexibility index (Phi) is 7.78. The van der Waals surface area contributed by atoms with Gasteiger partial charge < -0.3 is 33.9 Å². The number of benzene rings is 1. The van der Waals surface area contributed by atoms with E-state index >= 15 is 0 Å². The molecule has 0 radical (unpaired) electrons. The maximum atomic E-state index is 12.5. The normalized spacial score (nSPS) is 17.2. The van der Waals surface area contributed by atoms with Gasteiger partial charge in [-0.25, -0.2) is 9.78 Å². The number of anilines is 2. The van der Waals surface area contributed by atoms with Crippen molar-refractivity contribution in [1.29, 1.82) is 0 Å². The van der Waals surface area contributed by atoms with Crippen LogP contribution in [-0.2, 0) is 15.9 Å². The molecule has 0 saturated carbocycles. The predicted molar refractivity (Wildman–Crippen MR) is 163 cm³/mol. The number of carbonyl (C=O) groups is 1. The van der Waals surface area contributed by atoms with Gasteiger partial charge in [-0.15, -0.1) is 10.2 Å². The minimum Gasteiger partial charge on any atom is -0.467 e. The van der Waals surface area contributed by atoms with E-state index in [2.05, 4.69) is 43.0 Å². The molecule has 1 N–H and O–H groups in total. The number of nitrogens with zero attached hydrogens (tertiary/aromatic N) is 7. The van der Waals surface area contributed by atoms with Crippen molar-refractivity contribution in [3.05, 3.63) is 53.9 Å². The number of fused-ring (bicyclic) bond motifs is 3. The first-order chi connectivity index (χ1) is 20.7. The molecule has 5 heterocycles. The van der Waals surface area contributed by atoms with Gasteiger partial charge in [0, 0.05) is 74.7 Å². The highest BCUT2D eigenvalue weighted by Crippen LogP contribution is 2.38. The van der Waals surface area contributed by atoms with Crippen LogP contribution < -0.4 is 14.5 Å². The topological polar surface area (TPSA) is 122 Å². The largest absolute Gasteiger partial charge is 0.467 e. The van der Waals surface area contributed by atoms with Crippen LogP contribution in [0.25, 0.3) is 22.3 Å². The molecule has 2 aliphatic rings. The molecule has 6 rings (SSSR count). The maximum Gasteiger partial charge on any atom is 0.410 e. The van der Waals surface area contributed by atoms with E-state index in [4.69, 9.17) is 19.2 Å². The highest BCUT2D eigenvalue weighted by molar-refractivity contribution is 5.86. The number of methoxy groups -OCH3 is 1. The fourth-order valence-electron chi connectivity index (χ4n) is 5.75. The van der Waals surface area contributed by atoms with Crippen LogP contribution in [0.4, 0.5) is 16.6 Å². The van der Waals surface area contributed by atoms with Gasteiger partial charge in [-0.05, 0) is 52.0 Å². The summed E-state index contributed by atoms with van der Waals surface area (Å²) in [4.78, 5) is 31.9. The number of piperazine rings is 1. The summed E-state index contributed by atoms with van der Waals surface area (Å²) in [5.74, 6) is 2.22. The quantitative estimate of drug-likeness (QED) is 0.321. The number of aromatic amines is 1. The molecule has 0 bridgehead atoms. The number of H-pyrrole nitrogens is 1. The summed E-state index contributed by atoms with van der Waals surface area (Å²) in [6, 6.07) is 11.8. The van der Waals surface area contributed by atoms with Crippen molar-refractivity contribution in [2.24, 2.45) is 0 Å². The summed E-state index contributed by atoms with van der Waals surface area (Å²) >= 11 is 0. The zero-order valence-corrected chi connectivity index (χ0v) is 25.3. The summed E-state index contributed by atoms with van der Waals surface area (Å²) in [5, 5.41) is 10.1. The second kappa shape index (κ2) is 11.7. The van der Waals surface area contributed by atoms with Gasteiger partial charge in [-0.2, -0.15) is 4.98 Å². The Morgan fingerprint density at radius 2 is 1.86 bits per heavy atom. The van der Waals surface area contributed by atoms with E-state index in [0.29, 0.717) is 37.9 Å². The Hall–Kier alpha value is -4.45. The van der Waals surface area contributed by atoms with Crippen LogP contribution in [0, 0.1) is 0 Å². The molecule has 1 fully saturated rings. The second-order valence-corrected chi connectivity index (χ2v) is 11.8. The van der Waals surface area contributed by atoms with E-state index in [1.54, 1.807) is 12.0 Å². The van der Waals surface area contributed by atoms with E-state index in [0.717, 1.165) is 46.8 Å². The van der Waals surface area contributed by atoms with Crippen LogP contribution in [0.15, 0.2) is 42.6 Å². The Labute approximate surface area is 251 Å². The van der Waals surface area contributed by atoms with Crippen molar-refractivity contribution >= 4 is 28.9 Å². The second-order valence-electron chi connectivity index (χ2n) is 11.8. The van der Waals surface area contributed by atoms with Gasteiger partial charge in [-0.3, -0.25) is 0 Å². The summed E-state index contributed by atoms with van der Waals surface area (Å²) in [6.07, 6.45) is 2.35. The zero-order chi connectivity index (χ0) is 30.1. The number of para-hydroxylation sites is 1. The molecule has 0 aliphatic carbocycles. The molecule has 43 heavy (non-hydrogen) atoms. The fourth-order valence-corrected chi connectivity index (χ4v) is 5.75. The number of aromatic nitrogens is 5. The fraction of sp³-hybridized carbons (Fsp3) is 0.452. The first-order valence-electron chi connectivity index (χ1n) is 14.6. The molecule has 1 atom stereocenters. The highest BCUT2D eigenvalue weighted by atomic mass is 16.7. The molecule has 12 heteroatoms. The lowest BCUT2D eigenvalue weighted by Crippen LogP contribution is -2.50. The summed E-state index contributed by atoms with van der Waals surface area (Å²) in [7, 11) is 1.60. The van der Waals surface area contributed by atoms with Crippen LogP contribution in [0.5, 0.6) is 5.75 Å². The van der Waals surface area contributed by atoms with Gasteiger partial charge in [0.2, 0.25) is 5.95 Å². The molecule has 1 aromatic carbocycles. The number of ether oxygens (including phenoxy) is 3. The van der Waals surface area contributed by atoms with E-state index in [-0.39, 0.29) is 18.9 Å². The first-order valence-corrected chi connectivity index (χ1v) is 14.6. The van der Waals surface area contributed by atoms with Crippen LogP contribution in [0.1, 0.15) is 45.0 Å². The number of hydrogen-bond acceptors (Lipinski definition) is 10. The van der Waals surface area contributed by atoms with Gasteiger partial charge in [0.05, 0.1) is 11.7 Å². The third-order valence-electron chi connectivity index (χ3n) is 7.80. The van der Waals surface area contributed by atoms with Crippen molar-refractivity contribution in [3.8, 4) is 17.0 Å². The molecular weight excluding hydrogens is 548 g/mol. The van der Waals surface area contributed by atoms with Gasteiger partial charge in [0.1, 0.15) is 17.2 Å². The molecule has 0 spiro atoms. The lowest BCUT2D eigenvalue weighted by atomic mass is 9.97. The Morgan fingerprint density at radius 1 is 1.07 bits per heavy atom. The van der Waals surface area contributed by atoms with Crippen molar-refractivity contribution in [1.82, 2.24) is 30.0 Å². The Bertz CT molecular complexity index is 1610. The minimum atomic E-state index is -0.511. The smallest absolute Gasteiger partial charge is 0.410 e. The van der Waals surface area contributed by atoms with Gasteiger partial charge in [-0.1, -0.05) is 12.1 Å². The average molecular weight is 587 g/mol. The van der Waals surface area contributed by atoms with Crippen LogP contribution >= 0.6 is 0 Å². The maximum absolute atomic E-state index is 12.5. The average Bonchev–Trinajstić information content (AvgIpc) is 3.38. The third kappa shape index (κ3) is 5.92. The number of carbonyl (C=O) groups excluding carboxylic acids is 1. The zero-order valence-electron chi connectivity index (χ0n) is 25.3. The van der Waals surface area contributed by atoms with Gasteiger partial charge in [0.25, 0.3) is 0 Å². The van der Waals surface area contributed by atoms with Crippen molar-refractivity contribution in [2.45, 2.75) is 45.8 Å². The van der Waals surface area contributed by atoms with Crippen LogP contribution in [0.3, 0.4) is 0 Å². The Morgan fingerprint density at radius 3 is 2.63 bits per heavy atom. The van der Waals surface area contributed by atoms with Crippen molar-refractivity contribution < 1.29 is 19.0 Å². The molecule has 1 saturated heterocycles. The number of hydrogen-bond donors (Lipinski definition) is 1. The molecule has 4 aromatic rings. The minimum absolute atomic E-state index is 0.00815. The summed E-state index contributed by atoms with van der Waals surface area (Å²) in [5.41, 5.74) is 4.16. The van der Waals surface area contributed by atoms with Crippen LogP contribution in [-0.4, -0.2) is 88.4 Å². The molecule has 226 valence electrons. The molecule has 12 nitrogen and oxygen atoms in total. The van der Waals surface area contributed by atoms with E-state index in [1.165, 1.54) is 5.56 Å². The molecular formula is C31H38N8O4. The molecule has 2 aliphatic heterocycles. The lowest BCUT2D eigenvalue weighted by Gasteiger charge is -2.37. The van der Waals surface area contributed by atoms with Crippen molar-refractivity contribution in [2.75, 3.05) is 56.4 Å². The summed E-state index contributed by atoms with van der Waals surface area (Å²) in [6.45, 7) is 11.3. The van der Waals surface area contributed by atoms with Crippen LogP contribution in [0.2, 0.25) is 0 Å². The van der Waals surface area contributed by atoms with E-state index in [1.807, 2.05) is 57.3 Å². The number of rotatable bonds is 6. The lowest BCUT2D eigenvalue weighted by molar-refractivity contribution is 0.0240. The molecule has 1 amide bonds. The monoisotopic (exact) mass is 586 g/mol. The number of nitrogens with one attached hydrogen (secondary N) is 1. The van der Waals surface area contributed by atoms with E-state index < -0.39 is 5.60 Å². The molecule has 3 aromatic heterocycles. The standard InChI is InChI=1S/C31H38N8O4/c1-20-27-22-18-24(21-8-6-7-9-25(21)42-19-41-5)35-36-28(22)33-23(27)11-13-39(20)29-32-12-10-26(34-29)37-14-16-38(17-15-37)30(40)43-31(2,3)4/h6-10,12,18,20H,11,13-17,19H2,1-5H3,(H,33,36).